The number of aliphatic hydroxyl groups is 4. The number of carbonyl (C=O) groups is 5. The molecule has 3 aliphatic carbocycles. The van der Waals surface area contributed by atoms with Crippen LogP contribution < -0.4 is 5.32 Å². The van der Waals surface area contributed by atoms with E-state index in [2.05, 4.69) is 5.32 Å². The van der Waals surface area contributed by atoms with E-state index < -0.39 is 112 Å². The van der Waals surface area contributed by atoms with E-state index in [0.29, 0.717) is 5.56 Å². The topological polar surface area (TPSA) is 215 Å². The fourth-order valence-corrected chi connectivity index (χ4v) is 9.47. The fraction of sp³-hybridized carbons (Fsp3) is 0.568. The number of Topliss-reactive ketones (excluding diaryl/α,β-unsaturated/α-hetero) is 1. The molecular formula is C44H57NO13. The molecule has 1 unspecified atom stereocenters. The summed E-state index contributed by atoms with van der Waals surface area (Å²) >= 11 is 0. The molecule has 3 aliphatic rings. The van der Waals surface area contributed by atoms with Gasteiger partial charge in [0, 0.05) is 37.7 Å². The summed E-state index contributed by atoms with van der Waals surface area (Å²) < 4.78 is 24.1. The highest BCUT2D eigenvalue weighted by molar-refractivity contribution is 5.94. The van der Waals surface area contributed by atoms with Gasteiger partial charge in [-0.25, -0.2) is 9.59 Å². The maximum atomic E-state index is 15.0. The third-order valence-electron chi connectivity index (χ3n) is 12.9. The fourth-order valence-electron chi connectivity index (χ4n) is 9.47. The summed E-state index contributed by atoms with van der Waals surface area (Å²) in [5, 5.41) is 52.0. The first kappa shape index (κ1) is 44.6. The lowest BCUT2D eigenvalue weighted by molar-refractivity contribution is -0.282. The number of esters is 3. The second kappa shape index (κ2) is 15.9. The van der Waals surface area contributed by atoms with E-state index >= 15 is 4.79 Å². The van der Waals surface area contributed by atoms with Crippen molar-refractivity contribution in [2.75, 3.05) is 7.11 Å². The van der Waals surface area contributed by atoms with E-state index in [9.17, 15) is 39.6 Å². The predicted octanol–water partition coefficient (Wildman–Crippen LogP) is 3.53. The summed E-state index contributed by atoms with van der Waals surface area (Å²) in [6, 6.07) is 14.9. The lowest BCUT2D eigenvalue weighted by atomic mass is 9.45. The Kier molecular flexibility index (Phi) is 12.3. The van der Waals surface area contributed by atoms with Gasteiger partial charge >= 0.3 is 17.9 Å². The molecule has 2 aromatic rings. The Morgan fingerprint density at radius 3 is 2.02 bits per heavy atom. The molecule has 14 heteroatoms. The number of rotatable bonds is 9. The molecule has 2 fully saturated rings. The monoisotopic (exact) mass is 807 g/mol. The van der Waals surface area contributed by atoms with Crippen LogP contribution in [0, 0.1) is 22.2 Å². The molecule has 11 atom stereocenters. The maximum Gasteiger partial charge on any atom is 0.338 e. The van der Waals surface area contributed by atoms with E-state index in [-0.39, 0.29) is 23.1 Å². The van der Waals surface area contributed by atoms with E-state index in [0.717, 1.165) is 6.92 Å². The minimum absolute atomic E-state index is 0.0603. The van der Waals surface area contributed by atoms with Crippen LogP contribution in [0.4, 0.5) is 0 Å². The summed E-state index contributed by atoms with van der Waals surface area (Å²) in [6.45, 7) is 13.6. The molecule has 2 bridgehead atoms. The Bertz CT molecular complexity index is 1940. The van der Waals surface area contributed by atoms with Crippen molar-refractivity contribution in [2.24, 2.45) is 22.2 Å². The van der Waals surface area contributed by atoms with Crippen LogP contribution in [-0.4, -0.2) is 105 Å². The minimum Gasteiger partial charge on any atom is -0.456 e. The first-order valence-corrected chi connectivity index (χ1v) is 19.4. The molecule has 14 nitrogen and oxygen atoms in total. The summed E-state index contributed by atoms with van der Waals surface area (Å²) in [5.41, 5.74) is -8.27. The van der Waals surface area contributed by atoms with Crippen LogP contribution in [-0.2, 0) is 38.1 Å². The molecule has 316 valence electrons. The molecule has 0 aromatic heterocycles. The first-order valence-electron chi connectivity index (χ1n) is 19.4. The van der Waals surface area contributed by atoms with Gasteiger partial charge in [-0.3, -0.25) is 14.4 Å². The number of nitrogens with one attached hydrogen (secondary N) is 1. The second-order valence-corrected chi connectivity index (χ2v) is 17.8. The highest BCUT2D eigenvalue weighted by atomic mass is 16.6. The van der Waals surface area contributed by atoms with E-state index in [1.54, 1.807) is 83.1 Å². The largest absolute Gasteiger partial charge is 0.456 e. The number of carbonyl (C=O) groups excluding carboxylic acids is 5. The average molecular weight is 808 g/mol. The molecular weight excluding hydrogens is 750 g/mol. The molecule has 0 spiro atoms. The molecule has 0 heterocycles. The van der Waals surface area contributed by atoms with Gasteiger partial charge in [0.05, 0.1) is 35.1 Å². The van der Waals surface area contributed by atoms with Crippen LogP contribution in [0.3, 0.4) is 0 Å². The predicted molar refractivity (Wildman–Crippen MR) is 209 cm³/mol. The number of hydrogen-bond donors (Lipinski definition) is 5. The summed E-state index contributed by atoms with van der Waals surface area (Å²) in [7, 11) is 1.32. The minimum atomic E-state index is -2.37. The van der Waals surface area contributed by atoms with Gasteiger partial charge in [0.2, 0.25) is 5.91 Å². The third-order valence-corrected chi connectivity index (χ3v) is 12.9. The lowest BCUT2D eigenvalue weighted by Gasteiger charge is -2.64. The van der Waals surface area contributed by atoms with Crippen molar-refractivity contribution >= 4 is 29.6 Å². The van der Waals surface area contributed by atoms with Gasteiger partial charge in [-0.15, -0.1) is 0 Å². The number of benzene rings is 2. The highest BCUT2D eigenvalue weighted by Crippen LogP contribution is 2.62. The zero-order valence-corrected chi connectivity index (χ0v) is 34.8. The van der Waals surface area contributed by atoms with E-state index in [1.165, 1.54) is 40.0 Å². The first-order chi connectivity index (χ1) is 26.9. The summed E-state index contributed by atoms with van der Waals surface area (Å²) in [6.07, 6.45) is -10.7. The number of amides is 1. The normalized spacial score (nSPS) is 33.0. The maximum absolute atomic E-state index is 15.0. The quantitative estimate of drug-likeness (QED) is 0.140. The van der Waals surface area contributed by atoms with Crippen molar-refractivity contribution in [3.05, 3.63) is 82.9 Å². The van der Waals surface area contributed by atoms with Gasteiger partial charge in [-0.1, -0.05) is 83.1 Å². The van der Waals surface area contributed by atoms with Crippen LogP contribution in [0.5, 0.6) is 0 Å². The SMILES string of the molecule is CO[C@@H]1C[C@H](O)[C@@]2(C)C(=O)[C@H](O)C3=C(C)[C@@H](OC(=O)[C@H](O)[C@@H](NC(=O)C(C)(C)C)c4ccccc4)C[C@@](O)([C@@H](OC(=O)c4ccccc4)C2[C@@]1(C)OC(C)=O)C3(C)C. The Hall–Kier alpha value is -4.47. The Morgan fingerprint density at radius 2 is 1.48 bits per heavy atom. The van der Waals surface area contributed by atoms with Crippen molar-refractivity contribution in [3.8, 4) is 0 Å². The molecule has 0 radical (unpaired) electrons. The second-order valence-electron chi connectivity index (χ2n) is 17.8. The molecule has 0 saturated heterocycles. The van der Waals surface area contributed by atoms with Crippen molar-refractivity contribution in [1.82, 2.24) is 5.32 Å². The standard InChI is InChI=1S/C44H57NO13/c1-23-27(56-38(52)33(49)31(25-17-13-11-14-18-25)45-39(53)40(3,4)5)22-44(54)36(57-37(51)26-19-15-12-16-20-26)34-42(8,35(50)32(48)30(23)41(44,6)7)28(47)21-29(55-10)43(34,9)58-24(2)46/h11-20,27-29,31-34,36,47-49,54H,21-22H2,1-10H3,(H,45,53)/t27-,28-,29+,31-,32+,33+,34?,36-,42+,43-,44+/m0/s1. The van der Waals surface area contributed by atoms with Crippen molar-refractivity contribution in [2.45, 2.75) is 129 Å². The van der Waals surface area contributed by atoms with Crippen LogP contribution in [0.2, 0.25) is 0 Å². The molecule has 5 rings (SSSR count). The van der Waals surface area contributed by atoms with Crippen LogP contribution in [0.1, 0.15) is 97.1 Å². The lowest BCUT2D eigenvalue weighted by Crippen LogP contribution is -2.77. The van der Waals surface area contributed by atoms with Gasteiger partial charge in [0.1, 0.15) is 29.5 Å². The van der Waals surface area contributed by atoms with E-state index in [1.807, 2.05) is 0 Å². The molecule has 1 amide bonds. The highest BCUT2D eigenvalue weighted by Gasteiger charge is 2.74. The van der Waals surface area contributed by atoms with Gasteiger partial charge in [-0.05, 0) is 49.6 Å². The summed E-state index contributed by atoms with van der Waals surface area (Å²) in [5.74, 6) is -5.91. The van der Waals surface area contributed by atoms with Crippen molar-refractivity contribution < 1.29 is 63.3 Å². The number of methoxy groups -OCH3 is 1. The zero-order valence-electron chi connectivity index (χ0n) is 34.8. The average Bonchev–Trinajstić information content (AvgIpc) is 3.15. The number of fused-ring (bicyclic) bond motifs is 3. The van der Waals surface area contributed by atoms with Crippen molar-refractivity contribution in [3.63, 3.8) is 0 Å². The summed E-state index contributed by atoms with van der Waals surface area (Å²) in [4.78, 5) is 69.4. The molecule has 5 N–H and O–H groups in total. The number of ketones is 1. The van der Waals surface area contributed by atoms with Gasteiger partial charge in [-0.2, -0.15) is 0 Å². The van der Waals surface area contributed by atoms with Crippen molar-refractivity contribution in [1.29, 1.82) is 0 Å². The number of ether oxygens (including phenoxy) is 4. The van der Waals surface area contributed by atoms with Crippen LogP contribution >= 0.6 is 0 Å². The molecule has 2 aromatic carbocycles. The molecule has 2 saturated carbocycles. The van der Waals surface area contributed by atoms with Gasteiger partial charge in [0.25, 0.3) is 0 Å². The van der Waals surface area contributed by atoms with E-state index in [4.69, 9.17) is 18.9 Å². The van der Waals surface area contributed by atoms with Gasteiger partial charge in [0.15, 0.2) is 11.9 Å². The number of hydrogen-bond acceptors (Lipinski definition) is 13. The Balaban J connectivity index is 1.71. The number of aliphatic hydroxyl groups excluding tert-OH is 3. The Morgan fingerprint density at radius 1 is 0.914 bits per heavy atom. The molecule has 0 aliphatic heterocycles. The molecule has 58 heavy (non-hydrogen) atoms. The third kappa shape index (κ3) is 7.49. The van der Waals surface area contributed by atoms with Gasteiger partial charge < -0.3 is 44.7 Å². The Labute approximate surface area is 338 Å². The van der Waals surface area contributed by atoms with Crippen LogP contribution in [0.15, 0.2) is 71.8 Å². The van der Waals surface area contributed by atoms with Crippen LogP contribution in [0.25, 0.3) is 0 Å². The zero-order chi connectivity index (χ0) is 43.3. The smallest absolute Gasteiger partial charge is 0.338 e.